The van der Waals surface area contributed by atoms with Crippen LogP contribution in [0.25, 0.3) is 0 Å². The zero-order chi connectivity index (χ0) is 16.1. The highest BCUT2D eigenvalue weighted by Gasteiger charge is 2.18. The van der Waals surface area contributed by atoms with Gasteiger partial charge in [0, 0.05) is 51.8 Å². The summed E-state index contributed by atoms with van der Waals surface area (Å²) in [5, 5.41) is 2.68. The van der Waals surface area contributed by atoms with Crippen LogP contribution in [0.4, 0.5) is 10.1 Å². The summed E-state index contributed by atoms with van der Waals surface area (Å²) < 4.78 is 13.0. The minimum atomic E-state index is -0.511. The Hall–Kier alpha value is -1.66. The van der Waals surface area contributed by atoms with Gasteiger partial charge < -0.3 is 10.2 Å². The lowest BCUT2D eigenvalue weighted by Gasteiger charge is -2.34. The number of hydrogen-bond donors (Lipinski definition) is 1. The zero-order valence-electron chi connectivity index (χ0n) is 12.4. The maximum absolute atomic E-state index is 13.0. The predicted molar refractivity (Wildman–Crippen MR) is 83.4 cm³/mol. The summed E-state index contributed by atoms with van der Waals surface area (Å²) in [6.45, 7) is 5.14. The van der Waals surface area contributed by atoms with Crippen LogP contribution in [0.15, 0.2) is 18.2 Å². The second-order valence-corrected chi connectivity index (χ2v) is 5.68. The third-order valence-electron chi connectivity index (χ3n) is 3.68. The second kappa shape index (κ2) is 7.56. The van der Waals surface area contributed by atoms with Crippen molar-refractivity contribution in [3.05, 3.63) is 29.0 Å². The van der Waals surface area contributed by atoms with E-state index in [9.17, 15) is 14.0 Å². The van der Waals surface area contributed by atoms with Crippen LogP contribution >= 0.6 is 11.6 Å². The minimum absolute atomic E-state index is 0.0156. The molecule has 0 unspecified atom stereocenters. The van der Waals surface area contributed by atoms with E-state index in [2.05, 4.69) is 10.2 Å². The highest BCUT2D eigenvalue weighted by Crippen LogP contribution is 2.19. The average Bonchev–Trinajstić information content (AvgIpc) is 2.49. The van der Waals surface area contributed by atoms with Gasteiger partial charge in [-0.3, -0.25) is 14.5 Å². The molecule has 0 saturated carbocycles. The fourth-order valence-corrected chi connectivity index (χ4v) is 2.52. The van der Waals surface area contributed by atoms with Crippen LogP contribution in [-0.4, -0.2) is 54.3 Å². The lowest BCUT2D eigenvalue weighted by Crippen LogP contribution is -2.48. The van der Waals surface area contributed by atoms with Crippen molar-refractivity contribution in [3.8, 4) is 0 Å². The molecule has 2 rings (SSSR count). The van der Waals surface area contributed by atoms with Gasteiger partial charge in [-0.25, -0.2) is 4.39 Å². The van der Waals surface area contributed by atoms with E-state index in [1.54, 1.807) is 11.8 Å². The molecule has 7 heteroatoms. The molecule has 1 aromatic carbocycles. The molecule has 1 N–H and O–H groups in total. The standard InChI is InChI=1S/C15H19ClFN3O2/c1-11(21)20-8-6-19(7-9-20)5-4-15(22)18-12-2-3-14(17)13(16)10-12/h2-3,10H,4-9H2,1H3,(H,18,22). The van der Waals surface area contributed by atoms with Crippen LogP contribution in [0, 0.1) is 5.82 Å². The van der Waals surface area contributed by atoms with Gasteiger partial charge in [-0.05, 0) is 18.2 Å². The lowest BCUT2D eigenvalue weighted by molar-refractivity contribution is -0.130. The number of halogens is 2. The molecule has 1 fully saturated rings. The van der Waals surface area contributed by atoms with Gasteiger partial charge in [0.25, 0.3) is 0 Å². The van der Waals surface area contributed by atoms with E-state index in [1.807, 2.05) is 0 Å². The Kier molecular flexibility index (Phi) is 5.74. The van der Waals surface area contributed by atoms with Crippen molar-refractivity contribution in [1.29, 1.82) is 0 Å². The fourth-order valence-electron chi connectivity index (χ4n) is 2.34. The van der Waals surface area contributed by atoms with Crippen molar-refractivity contribution in [3.63, 3.8) is 0 Å². The minimum Gasteiger partial charge on any atom is -0.340 e. The van der Waals surface area contributed by atoms with Crippen molar-refractivity contribution >= 4 is 29.1 Å². The van der Waals surface area contributed by atoms with Gasteiger partial charge in [0.2, 0.25) is 11.8 Å². The van der Waals surface area contributed by atoms with Gasteiger partial charge in [-0.2, -0.15) is 0 Å². The number of nitrogens with zero attached hydrogens (tertiary/aromatic N) is 2. The number of benzene rings is 1. The normalized spacial score (nSPS) is 15.7. The molecule has 1 aromatic rings. The molecular formula is C15H19ClFN3O2. The van der Waals surface area contributed by atoms with Crippen molar-refractivity contribution in [1.82, 2.24) is 9.80 Å². The summed E-state index contributed by atoms with van der Waals surface area (Å²) in [6.07, 6.45) is 0.342. The van der Waals surface area contributed by atoms with E-state index in [0.29, 0.717) is 31.7 Å². The van der Waals surface area contributed by atoms with E-state index in [-0.39, 0.29) is 16.8 Å². The van der Waals surface area contributed by atoms with Gasteiger partial charge in [0.05, 0.1) is 5.02 Å². The number of amides is 2. The summed E-state index contributed by atoms with van der Waals surface area (Å²) in [7, 11) is 0. The molecule has 5 nitrogen and oxygen atoms in total. The van der Waals surface area contributed by atoms with Crippen LogP contribution in [-0.2, 0) is 9.59 Å². The number of carbonyl (C=O) groups excluding carboxylic acids is 2. The summed E-state index contributed by atoms with van der Waals surface area (Å²) in [5.74, 6) is -0.565. The van der Waals surface area contributed by atoms with Gasteiger partial charge >= 0.3 is 0 Å². The van der Waals surface area contributed by atoms with E-state index in [4.69, 9.17) is 11.6 Å². The zero-order valence-corrected chi connectivity index (χ0v) is 13.2. The highest BCUT2D eigenvalue weighted by molar-refractivity contribution is 6.31. The molecule has 1 aliphatic rings. The van der Waals surface area contributed by atoms with Crippen molar-refractivity contribution in [2.45, 2.75) is 13.3 Å². The Morgan fingerprint density at radius 3 is 2.55 bits per heavy atom. The number of rotatable bonds is 4. The van der Waals surface area contributed by atoms with Gasteiger partial charge in [0.1, 0.15) is 5.82 Å². The molecule has 120 valence electrons. The molecule has 0 aliphatic carbocycles. The molecule has 0 bridgehead atoms. The number of piperazine rings is 1. The van der Waals surface area contributed by atoms with Gasteiger partial charge in [-0.15, -0.1) is 0 Å². The lowest BCUT2D eigenvalue weighted by atomic mass is 10.2. The van der Waals surface area contributed by atoms with Crippen LogP contribution in [0.2, 0.25) is 5.02 Å². The maximum atomic E-state index is 13.0. The van der Waals surface area contributed by atoms with Crippen molar-refractivity contribution in [2.75, 3.05) is 38.0 Å². The summed E-state index contributed by atoms with van der Waals surface area (Å²) >= 11 is 5.67. The Morgan fingerprint density at radius 2 is 1.95 bits per heavy atom. The summed E-state index contributed by atoms with van der Waals surface area (Å²) in [6, 6.07) is 4.09. The monoisotopic (exact) mass is 327 g/mol. The molecule has 1 saturated heterocycles. The van der Waals surface area contributed by atoms with E-state index in [1.165, 1.54) is 18.2 Å². The Labute approximate surface area is 134 Å². The first kappa shape index (κ1) is 16.7. The molecule has 2 amide bonds. The Balaban J connectivity index is 1.74. The number of hydrogen-bond acceptors (Lipinski definition) is 3. The fraction of sp³-hybridized carbons (Fsp3) is 0.467. The smallest absolute Gasteiger partial charge is 0.225 e. The largest absolute Gasteiger partial charge is 0.340 e. The molecule has 0 aromatic heterocycles. The number of carbonyl (C=O) groups is 2. The third kappa shape index (κ3) is 4.68. The molecule has 0 spiro atoms. The summed E-state index contributed by atoms with van der Waals surface area (Å²) in [4.78, 5) is 27.1. The molecule has 1 aliphatic heterocycles. The highest BCUT2D eigenvalue weighted by atomic mass is 35.5. The number of anilines is 1. The molecule has 0 atom stereocenters. The molecule has 0 radical (unpaired) electrons. The Bertz CT molecular complexity index is 560. The first-order chi connectivity index (χ1) is 10.5. The maximum Gasteiger partial charge on any atom is 0.225 e. The van der Waals surface area contributed by atoms with Crippen molar-refractivity contribution < 1.29 is 14.0 Å². The molecule has 22 heavy (non-hydrogen) atoms. The van der Waals surface area contributed by atoms with E-state index < -0.39 is 5.82 Å². The van der Waals surface area contributed by atoms with E-state index in [0.717, 1.165) is 13.1 Å². The third-order valence-corrected chi connectivity index (χ3v) is 3.97. The van der Waals surface area contributed by atoms with Crippen molar-refractivity contribution in [2.24, 2.45) is 0 Å². The molecule has 1 heterocycles. The quantitative estimate of drug-likeness (QED) is 0.920. The molecular weight excluding hydrogens is 309 g/mol. The average molecular weight is 328 g/mol. The topological polar surface area (TPSA) is 52.7 Å². The number of nitrogens with one attached hydrogen (secondary N) is 1. The van der Waals surface area contributed by atoms with Crippen LogP contribution in [0.5, 0.6) is 0 Å². The summed E-state index contributed by atoms with van der Waals surface area (Å²) in [5.41, 5.74) is 0.484. The van der Waals surface area contributed by atoms with E-state index >= 15 is 0 Å². The van der Waals surface area contributed by atoms with Crippen LogP contribution in [0.3, 0.4) is 0 Å². The first-order valence-electron chi connectivity index (χ1n) is 7.18. The van der Waals surface area contributed by atoms with Crippen LogP contribution in [0.1, 0.15) is 13.3 Å². The van der Waals surface area contributed by atoms with Gasteiger partial charge in [-0.1, -0.05) is 11.6 Å². The Morgan fingerprint density at radius 1 is 1.27 bits per heavy atom. The SMILES string of the molecule is CC(=O)N1CCN(CCC(=O)Nc2ccc(F)c(Cl)c2)CC1. The van der Waals surface area contributed by atoms with Crippen LogP contribution < -0.4 is 5.32 Å². The van der Waals surface area contributed by atoms with Gasteiger partial charge in [0.15, 0.2) is 0 Å². The first-order valence-corrected chi connectivity index (χ1v) is 7.56. The predicted octanol–water partition coefficient (Wildman–Crippen LogP) is 1.97. The second-order valence-electron chi connectivity index (χ2n) is 5.27.